The second-order valence-electron chi connectivity index (χ2n) is 8.13. The first-order valence-corrected chi connectivity index (χ1v) is 10.3. The Morgan fingerprint density at radius 3 is 2.32 bits per heavy atom. The van der Waals surface area contributed by atoms with Crippen molar-refractivity contribution in [3.8, 4) is 6.07 Å². The number of hydrogen-bond donors (Lipinski definition) is 0. The fraction of sp³-hybridized carbons (Fsp3) is 0.458. The number of morpholine rings is 1. The summed E-state index contributed by atoms with van der Waals surface area (Å²) in [6.07, 6.45) is 3.15. The molecule has 4 nitrogen and oxygen atoms in total. The molecular weight excluding hydrogens is 348 g/mol. The van der Waals surface area contributed by atoms with Crippen molar-refractivity contribution < 1.29 is 9.47 Å². The van der Waals surface area contributed by atoms with Gasteiger partial charge in [0, 0.05) is 24.6 Å². The van der Waals surface area contributed by atoms with Crippen molar-refractivity contribution in [1.29, 1.82) is 5.26 Å². The van der Waals surface area contributed by atoms with Crippen LogP contribution >= 0.6 is 0 Å². The van der Waals surface area contributed by atoms with Crippen molar-refractivity contribution in [3.05, 3.63) is 71.8 Å². The molecule has 28 heavy (non-hydrogen) atoms. The maximum Gasteiger partial charge on any atom is 0.198 e. The van der Waals surface area contributed by atoms with Crippen LogP contribution in [-0.4, -0.2) is 36.7 Å². The molecule has 2 saturated heterocycles. The van der Waals surface area contributed by atoms with Gasteiger partial charge in [0.05, 0.1) is 24.9 Å². The standard InChI is InChI=1S/C24H26N2O2/c25-18-24(20-10-5-2-6-11-20)23(26-14-16-27-17-15-26)13-7-12-21(23)22(28-24)19-8-3-1-4-9-19/h1-6,8-11,21-22H,7,12-17H2/t21-,22-,23-,24-/m1/s1. The van der Waals surface area contributed by atoms with E-state index in [4.69, 9.17) is 9.47 Å². The fourth-order valence-corrected chi connectivity index (χ4v) is 5.93. The lowest BCUT2D eigenvalue weighted by molar-refractivity contribution is -0.101. The summed E-state index contributed by atoms with van der Waals surface area (Å²) in [5, 5.41) is 10.6. The molecule has 2 aromatic rings. The first kappa shape index (κ1) is 17.9. The highest BCUT2D eigenvalue weighted by atomic mass is 16.5. The molecule has 0 spiro atoms. The van der Waals surface area contributed by atoms with Gasteiger partial charge in [-0.25, -0.2) is 0 Å². The van der Waals surface area contributed by atoms with Crippen LogP contribution < -0.4 is 0 Å². The molecular formula is C24H26N2O2. The molecule has 2 heterocycles. The third-order valence-corrected chi connectivity index (χ3v) is 7.01. The summed E-state index contributed by atoms with van der Waals surface area (Å²) in [4.78, 5) is 2.52. The first-order valence-electron chi connectivity index (χ1n) is 10.3. The van der Waals surface area contributed by atoms with Gasteiger partial charge in [-0.2, -0.15) is 5.26 Å². The van der Waals surface area contributed by atoms with E-state index in [0.29, 0.717) is 5.92 Å². The molecule has 0 amide bonds. The summed E-state index contributed by atoms with van der Waals surface area (Å²) < 4.78 is 12.5. The molecule has 5 rings (SSSR count). The number of benzene rings is 2. The molecule has 0 N–H and O–H groups in total. The van der Waals surface area contributed by atoms with Crippen molar-refractivity contribution in [2.75, 3.05) is 26.3 Å². The number of fused-ring (bicyclic) bond motifs is 1. The zero-order valence-electron chi connectivity index (χ0n) is 16.1. The van der Waals surface area contributed by atoms with Crippen LogP contribution in [0.4, 0.5) is 0 Å². The maximum absolute atomic E-state index is 10.6. The molecule has 0 radical (unpaired) electrons. The lowest BCUT2D eigenvalue weighted by Gasteiger charge is -2.49. The Balaban J connectivity index is 1.70. The summed E-state index contributed by atoms with van der Waals surface area (Å²) in [5.74, 6) is 0.299. The second kappa shape index (κ2) is 7.00. The van der Waals surface area contributed by atoms with Crippen molar-refractivity contribution >= 4 is 0 Å². The Labute approximate surface area is 166 Å². The minimum atomic E-state index is -0.965. The van der Waals surface area contributed by atoms with Crippen molar-refractivity contribution in [3.63, 3.8) is 0 Å². The Kier molecular flexibility index (Phi) is 4.47. The number of nitriles is 1. The van der Waals surface area contributed by atoms with Gasteiger partial charge in [0.2, 0.25) is 0 Å². The quantitative estimate of drug-likeness (QED) is 0.813. The van der Waals surface area contributed by atoms with Gasteiger partial charge in [-0.3, -0.25) is 4.90 Å². The molecule has 0 aromatic heterocycles. The lowest BCUT2D eigenvalue weighted by Crippen LogP contribution is -2.63. The predicted molar refractivity (Wildman–Crippen MR) is 106 cm³/mol. The number of ether oxygens (including phenoxy) is 2. The molecule has 4 heteroatoms. The van der Waals surface area contributed by atoms with E-state index >= 15 is 0 Å². The van der Waals surface area contributed by atoms with Crippen LogP contribution in [0.2, 0.25) is 0 Å². The van der Waals surface area contributed by atoms with Gasteiger partial charge in [0.1, 0.15) is 6.07 Å². The van der Waals surface area contributed by atoms with E-state index in [9.17, 15) is 5.26 Å². The van der Waals surface area contributed by atoms with Gasteiger partial charge in [0.15, 0.2) is 5.60 Å². The average Bonchev–Trinajstić information content (AvgIpc) is 3.33. The first-order chi connectivity index (χ1) is 13.8. The molecule has 0 unspecified atom stereocenters. The highest BCUT2D eigenvalue weighted by Crippen LogP contribution is 2.64. The highest BCUT2D eigenvalue weighted by molar-refractivity contribution is 5.41. The third kappa shape index (κ3) is 2.40. The smallest absolute Gasteiger partial charge is 0.198 e. The zero-order chi connectivity index (χ0) is 19.0. The number of nitrogens with zero attached hydrogens (tertiary/aromatic N) is 2. The molecule has 1 saturated carbocycles. The second-order valence-corrected chi connectivity index (χ2v) is 8.13. The summed E-state index contributed by atoms with van der Waals surface area (Å²) in [7, 11) is 0. The Morgan fingerprint density at radius 2 is 1.64 bits per heavy atom. The van der Waals surface area contributed by atoms with Gasteiger partial charge in [0.25, 0.3) is 0 Å². The van der Waals surface area contributed by atoms with Crippen LogP contribution in [0.15, 0.2) is 60.7 Å². The Morgan fingerprint density at radius 1 is 0.964 bits per heavy atom. The minimum Gasteiger partial charge on any atom is -0.379 e. The van der Waals surface area contributed by atoms with Crippen LogP contribution in [0.25, 0.3) is 0 Å². The van der Waals surface area contributed by atoms with E-state index in [1.54, 1.807) is 0 Å². The number of rotatable bonds is 3. The van der Waals surface area contributed by atoms with Gasteiger partial charge in [-0.15, -0.1) is 0 Å². The van der Waals surface area contributed by atoms with Gasteiger partial charge < -0.3 is 9.47 Å². The highest BCUT2D eigenvalue weighted by Gasteiger charge is 2.70. The summed E-state index contributed by atoms with van der Waals surface area (Å²) in [5.41, 5.74) is 0.884. The lowest BCUT2D eigenvalue weighted by atomic mass is 9.69. The van der Waals surface area contributed by atoms with Crippen molar-refractivity contribution in [2.24, 2.45) is 5.92 Å². The number of hydrogen-bond acceptors (Lipinski definition) is 4. The van der Waals surface area contributed by atoms with Crippen LogP contribution in [0.3, 0.4) is 0 Å². The maximum atomic E-state index is 10.6. The zero-order valence-corrected chi connectivity index (χ0v) is 16.1. The van der Waals surface area contributed by atoms with Crippen LogP contribution in [0.5, 0.6) is 0 Å². The Bertz CT molecular complexity index is 859. The normalized spacial score (nSPS) is 35.4. The van der Waals surface area contributed by atoms with Crippen molar-refractivity contribution in [2.45, 2.75) is 36.5 Å². The van der Waals surface area contributed by atoms with E-state index in [2.05, 4.69) is 47.4 Å². The average molecular weight is 374 g/mol. The van der Waals surface area contributed by atoms with E-state index in [-0.39, 0.29) is 11.6 Å². The summed E-state index contributed by atoms with van der Waals surface area (Å²) >= 11 is 0. The van der Waals surface area contributed by atoms with E-state index in [0.717, 1.165) is 51.1 Å². The summed E-state index contributed by atoms with van der Waals surface area (Å²) in [6, 6.07) is 23.3. The SMILES string of the molecule is N#C[C@]1(c2ccccc2)O[C@H](c2ccccc2)[C@H]2CCC[C@@]21N1CCOCC1. The fourth-order valence-electron chi connectivity index (χ4n) is 5.93. The molecule has 3 fully saturated rings. The predicted octanol–water partition coefficient (Wildman–Crippen LogP) is 4.05. The van der Waals surface area contributed by atoms with Crippen LogP contribution in [0, 0.1) is 17.2 Å². The molecule has 1 aliphatic carbocycles. The van der Waals surface area contributed by atoms with Gasteiger partial charge in [-0.05, 0) is 18.4 Å². The topological polar surface area (TPSA) is 45.5 Å². The molecule has 4 atom stereocenters. The molecule has 144 valence electrons. The van der Waals surface area contributed by atoms with E-state index < -0.39 is 5.60 Å². The van der Waals surface area contributed by atoms with Crippen LogP contribution in [0.1, 0.15) is 36.5 Å². The Hall–Kier alpha value is -2.19. The summed E-state index contributed by atoms with van der Waals surface area (Å²) in [6.45, 7) is 3.16. The largest absolute Gasteiger partial charge is 0.379 e. The molecule has 2 aliphatic heterocycles. The minimum absolute atomic E-state index is 0.0635. The monoisotopic (exact) mass is 374 g/mol. The molecule has 0 bridgehead atoms. The van der Waals surface area contributed by atoms with Gasteiger partial charge >= 0.3 is 0 Å². The molecule has 3 aliphatic rings. The van der Waals surface area contributed by atoms with Crippen molar-refractivity contribution in [1.82, 2.24) is 4.90 Å². The van der Waals surface area contributed by atoms with E-state index in [1.165, 1.54) is 5.56 Å². The van der Waals surface area contributed by atoms with E-state index in [1.807, 2.05) is 24.3 Å². The van der Waals surface area contributed by atoms with Crippen LogP contribution in [-0.2, 0) is 15.1 Å². The van der Waals surface area contributed by atoms with Gasteiger partial charge in [-0.1, -0.05) is 67.1 Å². The third-order valence-electron chi connectivity index (χ3n) is 7.01. The molecule has 2 aromatic carbocycles.